The van der Waals surface area contributed by atoms with E-state index in [0.717, 1.165) is 0 Å². The van der Waals surface area contributed by atoms with Gasteiger partial charge in [-0.3, -0.25) is 9.78 Å². The maximum absolute atomic E-state index is 11.8. The number of amides is 1. The molecule has 0 unspecified atom stereocenters. The zero-order chi connectivity index (χ0) is 14.4. The predicted octanol–water partition coefficient (Wildman–Crippen LogP) is 1.19. The van der Waals surface area contributed by atoms with Gasteiger partial charge in [-0.05, 0) is 12.1 Å². The molecule has 0 aliphatic heterocycles. The van der Waals surface area contributed by atoms with Gasteiger partial charge in [-0.2, -0.15) is 0 Å². The molecule has 2 rings (SSSR count). The molecule has 0 spiro atoms. The zero-order valence-corrected chi connectivity index (χ0v) is 10.3. The average Bonchev–Trinajstić information content (AvgIpc) is 2.46. The van der Waals surface area contributed by atoms with Crippen LogP contribution in [0, 0.1) is 0 Å². The smallest absolute Gasteiger partial charge is 0.341 e. The number of carboxylic acid groups (broad SMARTS) is 1. The molecule has 0 bridgehead atoms. The standard InChI is InChI=1S/C13H11N3O4/c17-12(18)8-20-10-3-1-2-9(6-10)16-13(19)11-7-14-4-5-15-11/h1-7H,8H2,(H,16,19)(H,17,18). The van der Waals surface area contributed by atoms with E-state index in [4.69, 9.17) is 9.84 Å². The van der Waals surface area contributed by atoms with Crippen LogP contribution in [0.5, 0.6) is 5.75 Å². The zero-order valence-electron chi connectivity index (χ0n) is 10.3. The molecule has 1 aromatic carbocycles. The Hall–Kier alpha value is -2.96. The van der Waals surface area contributed by atoms with Crippen molar-refractivity contribution in [2.75, 3.05) is 11.9 Å². The van der Waals surface area contributed by atoms with Gasteiger partial charge in [-0.25, -0.2) is 9.78 Å². The van der Waals surface area contributed by atoms with Crippen molar-refractivity contribution in [1.82, 2.24) is 9.97 Å². The van der Waals surface area contributed by atoms with Crippen molar-refractivity contribution in [2.45, 2.75) is 0 Å². The van der Waals surface area contributed by atoms with Gasteiger partial charge in [0.1, 0.15) is 11.4 Å². The molecule has 1 aromatic heterocycles. The molecule has 0 saturated heterocycles. The predicted molar refractivity (Wildman–Crippen MR) is 69.6 cm³/mol. The summed E-state index contributed by atoms with van der Waals surface area (Å²) in [7, 11) is 0. The Morgan fingerprint density at radius 2 is 2.15 bits per heavy atom. The van der Waals surface area contributed by atoms with E-state index in [1.807, 2.05) is 0 Å². The van der Waals surface area contributed by atoms with Crippen LogP contribution in [0.3, 0.4) is 0 Å². The van der Waals surface area contributed by atoms with Crippen molar-refractivity contribution in [3.05, 3.63) is 48.5 Å². The first kappa shape index (κ1) is 13.5. The number of rotatable bonds is 5. The second kappa shape index (κ2) is 6.28. The highest BCUT2D eigenvalue weighted by Crippen LogP contribution is 2.17. The minimum absolute atomic E-state index is 0.185. The van der Waals surface area contributed by atoms with Crippen LogP contribution >= 0.6 is 0 Å². The van der Waals surface area contributed by atoms with Crippen LogP contribution in [-0.2, 0) is 4.79 Å². The Bertz CT molecular complexity index is 616. The van der Waals surface area contributed by atoms with E-state index in [1.54, 1.807) is 18.2 Å². The largest absolute Gasteiger partial charge is 0.482 e. The average molecular weight is 273 g/mol. The maximum Gasteiger partial charge on any atom is 0.341 e. The monoisotopic (exact) mass is 273 g/mol. The van der Waals surface area contributed by atoms with E-state index >= 15 is 0 Å². The second-order valence-corrected chi connectivity index (χ2v) is 3.76. The molecule has 1 amide bonds. The highest BCUT2D eigenvalue weighted by molar-refractivity contribution is 6.02. The molecule has 2 aromatic rings. The summed E-state index contributed by atoms with van der Waals surface area (Å²) in [5, 5.41) is 11.1. The Kier molecular flexibility index (Phi) is 4.23. The van der Waals surface area contributed by atoms with Crippen molar-refractivity contribution < 1.29 is 19.4 Å². The van der Waals surface area contributed by atoms with Crippen LogP contribution in [0.2, 0.25) is 0 Å². The van der Waals surface area contributed by atoms with Gasteiger partial charge in [0, 0.05) is 24.1 Å². The number of aliphatic carboxylic acids is 1. The van der Waals surface area contributed by atoms with Gasteiger partial charge < -0.3 is 15.2 Å². The summed E-state index contributed by atoms with van der Waals surface area (Å²) in [6, 6.07) is 6.42. The molecule has 0 aliphatic rings. The first-order chi connectivity index (χ1) is 9.65. The minimum atomic E-state index is -1.07. The Labute approximate surface area is 114 Å². The normalized spacial score (nSPS) is 9.80. The fourth-order valence-corrected chi connectivity index (χ4v) is 1.42. The van der Waals surface area contributed by atoms with Gasteiger partial charge >= 0.3 is 5.97 Å². The van der Waals surface area contributed by atoms with E-state index < -0.39 is 18.5 Å². The number of carbonyl (C=O) groups is 2. The number of carbonyl (C=O) groups excluding carboxylic acids is 1. The van der Waals surface area contributed by atoms with Crippen LogP contribution < -0.4 is 10.1 Å². The molecular weight excluding hydrogens is 262 g/mol. The molecule has 1 heterocycles. The number of nitrogens with one attached hydrogen (secondary N) is 1. The third kappa shape index (κ3) is 3.77. The highest BCUT2D eigenvalue weighted by Gasteiger charge is 2.08. The molecular formula is C13H11N3O4. The second-order valence-electron chi connectivity index (χ2n) is 3.76. The molecule has 0 fully saturated rings. The fourth-order valence-electron chi connectivity index (χ4n) is 1.42. The third-order valence-corrected chi connectivity index (χ3v) is 2.25. The van der Waals surface area contributed by atoms with Gasteiger partial charge in [0.15, 0.2) is 6.61 Å². The number of nitrogens with zero attached hydrogens (tertiary/aromatic N) is 2. The Morgan fingerprint density at radius 1 is 1.30 bits per heavy atom. The Morgan fingerprint density at radius 3 is 2.85 bits per heavy atom. The van der Waals surface area contributed by atoms with Gasteiger partial charge in [-0.15, -0.1) is 0 Å². The third-order valence-electron chi connectivity index (χ3n) is 2.25. The van der Waals surface area contributed by atoms with E-state index in [2.05, 4.69) is 15.3 Å². The lowest BCUT2D eigenvalue weighted by Gasteiger charge is -2.07. The minimum Gasteiger partial charge on any atom is -0.482 e. The summed E-state index contributed by atoms with van der Waals surface area (Å²) in [5.41, 5.74) is 0.660. The first-order valence-electron chi connectivity index (χ1n) is 5.67. The molecule has 20 heavy (non-hydrogen) atoms. The number of hydrogen-bond donors (Lipinski definition) is 2. The van der Waals surface area contributed by atoms with E-state index in [9.17, 15) is 9.59 Å². The molecule has 0 atom stereocenters. The first-order valence-corrected chi connectivity index (χ1v) is 5.67. The Balaban J connectivity index is 2.04. The summed E-state index contributed by atoms with van der Waals surface area (Å²) < 4.78 is 5.02. The van der Waals surface area contributed by atoms with E-state index in [-0.39, 0.29) is 5.69 Å². The molecule has 0 saturated carbocycles. The molecule has 7 heteroatoms. The van der Waals surface area contributed by atoms with Gasteiger partial charge in [0.25, 0.3) is 5.91 Å². The highest BCUT2D eigenvalue weighted by atomic mass is 16.5. The molecule has 7 nitrogen and oxygen atoms in total. The SMILES string of the molecule is O=C(O)COc1cccc(NC(=O)c2cnccn2)c1. The quantitative estimate of drug-likeness (QED) is 0.848. The van der Waals surface area contributed by atoms with Crippen LogP contribution in [0.15, 0.2) is 42.9 Å². The van der Waals surface area contributed by atoms with Crippen LogP contribution in [0.1, 0.15) is 10.5 Å². The lowest BCUT2D eigenvalue weighted by atomic mass is 10.3. The van der Waals surface area contributed by atoms with Gasteiger partial charge in [-0.1, -0.05) is 6.07 Å². The number of hydrogen-bond acceptors (Lipinski definition) is 5. The van der Waals surface area contributed by atoms with Crippen molar-refractivity contribution >= 4 is 17.6 Å². The summed E-state index contributed by atoms with van der Waals surface area (Å²) >= 11 is 0. The lowest BCUT2D eigenvalue weighted by molar-refractivity contribution is -0.139. The van der Waals surface area contributed by atoms with Crippen LogP contribution in [0.4, 0.5) is 5.69 Å². The van der Waals surface area contributed by atoms with E-state index in [1.165, 1.54) is 24.7 Å². The summed E-state index contributed by atoms with van der Waals surface area (Å²) in [6.45, 7) is -0.443. The fraction of sp³-hybridized carbons (Fsp3) is 0.0769. The number of benzene rings is 1. The molecule has 0 aliphatic carbocycles. The lowest BCUT2D eigenvalue weighted by Crippen LogP contribution is -2.14. The molecule has 2 N–H and O–H groups in total. The van der Waals surface area contributed by atoms with Crippen LogP contribution in [-0.4, -0.2) is 33.6 Å². The summed E-state index contributed by atoms with van der Waals surface area (Å²) in [5.74, 6) is -1.13. The van der Waals surface area contributed by atoms with Crippen molar-refractivity contribution in [3.8, 4) is 5.75 Å². The van der Waals surface area contributed by atoms with Crippen molar-refractivity contribution in [3.63, 3.8) is 0 Å². The molecule has 102 valence electrons. The van der Waals surface area contributed by atoms with Gasteiger partial charge in [0.2, 0.25) is 0 Å². The molecule has 0 radical (unpaired) electrons. The summed E-state index contributed by atoms with van der Waals surface area (Å²) in [4.78, 5) is 29.9. The number of carboxylic acids is 1. The van der Waals surface area contributed by atoms with E-state index in [0.29, 0.717) is 11.4 Å². The number of ether oxygens (including phenoxy) is 1. The van der Waals surface area contributed by atoms with Crippen molar-refractivity contribution in [2.24, 2.45) is 0 Å². The number of aromatic nitrogens is 2. The number of anilines is 1. The topological polar surface area (TPSA) is 101 Å². The van der Waals surface area contributed by atoms with Gasteiger partial charge in [0.05, 0.1) is 6.20 Å². The maximum atomic E-state index is 11.8. The summed E-state index contributed by atoms with van der Waals surface area (Å²) in [6.07, 6.45) is 4.23. The van der Waals surface area contributed by atoms with Crippen molar-refractivity contribution in [1.29, 1.82) is 0 Å². The van der Waals surface area contributed by atoms with Crippen LogP contribution in [0.25, 0.3) is 0 Å².